The fraction of sp³-hybridized carbons (Fsp3) is 0.350. The average molecular weight is 376 g/mol. The Kier molecular flexibility index (Phi) is 3.68. The number of dihydropyridines is 1. The van der Waals surface area contributed by atoms with Crippen LogP contribution in [0.25, 0.3) is 22.3 Å². The van der Waals surface area contributed by atoms with Gasteiger partial charge in [0.15, 0.2) is 0 Å². The van der Waals surface area contributed by atoms with E-state index in [-0.39, 0.29) is 17.9 Å². The number of hydrogen-bond donors (Lipinski definition) is 1. The second kappa shape index (κ2) is 6.12. The van der Waals surface area contributed by atoms with Crippen molar-refractivity contribution in [2.75, 3.05) is 5.73 Å². The molecule has 1 aliphatic carbocycles. The van der Waals surface area contributed by atoms with Crippen molar-refractivity contribution in [3.63, 3.8) is 0 Å². The van der Waals surface area contributed by atoms with E-state index in [9.17, 15) is 4.79 Å². The van der Waals surface area contributed by atoms with E-state index in [1.165, 1.54) is 6.21 Å². The Morgan fingerprint density at radius 2 is 2.11 bits per heavy atom. The standard InChI is InChI=1S/C20H20N6O2/c1-10(2)26-13-7-9-22-19(21)15(13)16(24-26)17-14(12-4-3-8-23-20(12)27)18(28-25-17)11-5-6-11/h3-4,7-12H,5-6H2,1-2H3,(H2,21,22). The first-order chi connectivity index (χ1) is 13.6. The van der Waals surface area contributed by atoms with Gasteiger partial charge >= 0.3 is 0 Å². The molecule has 1 unspecified atom stereocenters. The van der Waals surface area contributed by atoms with Crippen molar-refractivity contribution in [3.8, 4) is 11.4 Å². The molecule has 1 atom stereocenters. The van der Waals surface area contributed by atoms with Crippen LogP contribution in [-0.2, 0) is 4.79 Å². The highest BCUT2D eigenvalue weighted by Gasteiger charge is 2.38. The summed E-state index contributed by atoms with van der Waals surface area (Å²) in [5.41, 5.74) is 8.98. The Balaban J connectivity index is 1.78. The molecule has 1 amide bonds. The molecule has 1 saturated carbocycles. The Labute approximate surface area is 161 Å². The molecule has 0 spiro atoms. The molecule has 1 fully saturated rings. The third-order valence-corrected chi connectivity index (χ3v) is 5.24. The summed E-state index contributed by atoms with van der Waals surface area (Å²) >= 11 is 0. The van der Waals surface area contributed by atoms with E-state index >= 15 is 0 Å². The molecule has 8 nitrogen and oxygen atoms in total. The van der Waals surface area contributed by atoms with Gasteiger partial charge in [-0.25, -0.2) is 9.98 Å². The number of carbonyl (C=O) groups excluding carboxylic acids is 1. The minimum atomic E-state index is -0.529. The van der Waals surface area contributed by atoms with Crippen LogP contribution in [0.3, 0.4) is 0 Å². The van der Waals surface area contributed by atoms with Gasteiger partial charge < -0.3 is 10.3 Å². The van der Waals surface area contributed by atoms with E-state index in [2.05, 4.69) is 15.1 Å². The van der Waals surface area contributed by atoms with E-state index in [1.807, 2.05) is 30.7 Å². The zero-order chi connectivity index (χ0) is 19.4. The van der Waals surface area contributed by atoms with Gasteiger partial charge in [-0.15, -0.1) is 0 Å². The van der Waals surface area contributed by atoms with Gasteiger partial charge in [-0.2, -0.15) is 5.10 Å². The highest BCUT2D eigenvalue weighted by molar-refractivity contribution is 6.02. The van der Waals surface area contributed by atoms with E-state index < -0.39 is 5.92 Å². The lowest BCUT2D eigenvalue weighted by atomic mass is 9.91. The lowest BCUT2D eigenvalue weighted by Crippen LogP contribution is -2.13. The summed E-state index contributed by atoms with van der Waals surface area (Å²) in [5.74, 6) is 0.665. The number of nitrogen functional groups attached to an aromatic ring is 1. The first kappa shape index (κ1) is 16.9. The summed E-state index contributed by atoms with van der Waals surface area (Å²) in [5, 5.41) is 9.87. The minimum Gasteiger partial charge on any atom is -0.383 e. The molecule has 0 aromatic carbocycles. The summed E-state index contributed by atoms with van der Waals surface area (Å²) in [7, 11) is 0. The Morgan fingerprint density at radius 3 is 2.82 bits per heavy atom. The number of nitrogens with zero attached hydrogens (tertiary/aromatic N) is 5. The average Bonchev–Trinajstić information content (AvgIpc) is 3.30. The van der Waals surface area contributed by atoms with Crippen LogP contribution < -0.4 is 5.73 Å². The summed E-state index contributed by atoms with van der Waals surface area (Å²) in [6, 6.07) is 2.01. The van der Waals surface area contributed by atoms with Crippen molar-refractivity contribution in [3.05, 3.63) is 35.7 Å². The van der Waals surface area contributed by atoms with Gasteiger partial charge in [-0.1, -0.05) is 11.2 Å². The molecule has 28 heavy (non-hydrogen) atoms. The smallest absolute Gasteiger partial charge is 0.257 e. The van der Waals surface area contributed by atoms with Crippen molar-refractivity contribution in [1.29, 1.82) is 0 Å². The third kappa shape index (κ3) is 2.48. The fourth-order valence-electron chi connectivity index (χ4n) is 3.75. The number of aromatic nitrogens is 4. The summed E-state index contributed by atoms with van der Waals surface area (Å²) < 4.78 is 7.63. The Bertz CT molecular complexity index is 1150. The van der Waals surface area contributed by atoms with Crippen LogP contribution in [0.4, 0.5) is 5.82 Å². The number of fused-ring (bicyclic) bond motifs is 1. The molecule has 2 N–H and O–H groups in total. The predicted molar refractivity (Wildman–Crippen MR) is 105 cm³/mol. The molecule has 0 saturated heterocycles. The lowest BCUT2D eigenvalue weighted by Gasteiger charge is -2.12. The Morgan fingerprint density at radius 1 is 1.29 bits per heavy atom. The molecule has 0 bridgehead atoms. The SMILES string of the molecule is CC(C)n1nc(-c2noc(C3CC3)c2C2C=CC=NC2=O)c2c(N)nccc21. The number of rotatable bonds is 4. The largest absolute Gasteiger partial charge is 0.383 e. The second-order valence-electron chi connectivity index (χ2n) is 7.54. The molecule has 2 aliphatic rings. The number of allylic oxidation sites excluding steroid dienone is 1. The molecule has 8 heteroatoms. The van der Waals surface area contributed by atoms with Gasteiger partial charge in [0.2, 0.25) is 0 Å². The van der Waals surface area contributed by atoms with Crippen LogP contribution in [0, 0.1) is 0 Å². The summed E-state index contributed by atoms with van der Waals surface area (Å²) in [4.78, 5) is 20.7. The van der Waals surface area contributed by atoms with Gasteiger partial charge in [0.1, 0.15) is 23.0 Å². The maximum absolute atomic E-state index is 12.5. The number of nitrogens with two attached hydrogens (primary N) is 1. The number of amides is 1. The summed E-state index contributed by atoms with van der Waals surface area (Å²) in [6.45, 7) is 4.10. The van der Waals surface area contributed by atoms with Gasteiger partial charge in [-0.05, 0) is 38.8 Å². The van der Waals surface area contributed by atoms with E-state index in [0.717, 1.165) is 35.1 Å². The molecular formula is C20H20N6O2. The van der Waals surface area contributed by atoms with Crippen LogP contribution in [0.5, 0.6) is 0 Å². The number of hydrogen-bond acceptors (Lipinski definition) is 6. The van der Waals surface area contributed by atoms with Crippen LogP contribution in [0.1, 0.15) is 55.9 Å². The Hall–Kier alpha value is -3.29. The van der Waals surface area contributed by atoms with E-state index in [1.54, 1.807) is 12.3 Å². The fourth-order valence-corrected chi connectivity index (χ4v) is 3.75. The number of anilines is 1. The van der Waals surface area contributed by atoms with Crippen molar-refractivity contribution in [2.24, 2.45) is 4.99 Å². The van der Waals surface area contributed by atoms with Crippen LogP contribution in [-0.4, -0.2) is 32.0 Å². The van der Waals surface area contributed by atoms with Crippen LogP contribution in [0.2, 0.25) is 0 Å². The molecule has 3 aromatic heterocycles. The molecular weight excluding hydrogens is 356 g/mol. The van der Waals surface area contributed by atoms with Crippen molar-refractivity contribution >= 4 is 28.8 Å². The molecule has 3 aromatic rings. The monoisotopic (exact) mass is 376 g/mol. The maximum atomic E-state index is 12.5. The molecule has 0 radical (unpaired) electrons. The summed E-state index contributed by atoms with van der Waals surface area (Å²) in [6.07, 6.45) is 8.85. The highest BCUT2D eigenvalue weighted by atomic mass is 16.5. The first-order valence-corrected chi connectivity index (χ1v) is 9.43. The van der Waals surface area contributed by atoms with Gasteiger partial charge in [0.05, 0.1) is 16.8 Å². The second-order valence-corrected chi connectivity index (χ2v) is 7.54. The number of aliphatic imine (C=N–C) groups is 1. The van der Waals surface area contributed by atoms with Gasteiger partial charge in [0.25, 0.3) is 5.91 Å². The van der Waals surface area contributed by atoms with Gasteiger partial charge in [-0.3, -0.25) is 9.48 Å². The zero-order valence-electron chi connectivity index (χ0n) is 15.7. The van der Waals surface area contributed by atoms with E-state index in [4.69, 9.17) is 15.4 Å². The molecule has 4 heterocycles. The molecule has 1 aliphatic heterocycles. The number of carbonyl (C=O) groups is 1. The lowest BCUT2D eigenvalue weighted by molar-refractivity contribution is -0.118. The van der Waals surface area contributed by atoms with Crippen molar-refractivity contribution in [1.82, 2.24) is 19.9 Å². The van der Waals surface area contributed by atoms with Crippen molar-refractivity contribution < 1.29 is 9.32 Å². The minimum absolute atomic E-state index is 0.122. The highest BCUT2D eigenvalue weighted by Crippen LogP contribution is 2.47. The normalized spacial score (nSPS) is 19.2. The van der Waals surface area contributed by atoms with Gasteiger partial charge in [0, 0.05) is 29.9 Å². The predicted octanol–water partition coefficient (Wildman–Crippen LogP) is 3.38. The molecule has 142 valence electrons. The zero-order valence-corrected chi connectivity index (χ0v) is 15.7. The third-order valence-electron chi connectivity index (χ3n) is 5.24. The van der Waals surface area contributed by atoms with E-state index in [0.29, 0.717) is 17.2 Å². The van der Waals surface area contributed by atoms with Crippen LogP contribution in [0.15, 0.2) is 33.9 Å². The van der Waals surface area contributed by atoms with Crippen LogP contribution >= 0.6 is 0 Å². The number of pyridine rings is 1. The van der Waals surface area contributed by atoms with Crippen molar-refractivity contribution in [2.45, 2.75) is 44.6 Å². The maximum Gasteiger partial charge on any atom is 0.257 e. The first-order valence-electron chi connectivity index (χ1n) is 9.43. The quantitative estimate of drug-likeness (QED) is 0.747. The molecule has 5 rings (SSSR count). The topological polar surface area (TPSA) is 112 Å².